The number of rotatable bonds is 2. The molecule has 3 aromatic heterocycles. The van der Waals surface area contributed by atoms with Gasteiger partial charge in [0.25, 0.3) is 5.91 Å². The van der Waals surface area contributed by atoms with Crippen LogP contribution in [0, 0.1) is 6.92 Å². The lowest BCUT2D eigenvalue weighted by Gasteiger charge is -2.32. The Labute approximate surface area is 138 Å². The van der Waals surface area contributed by atoms with E-state index in [1.54, 1.807) is 11.7 Å². The molecule has 1 N–H and O–H groups in total. The number of aromatic nitrogens is 3. The van der Waals surface area contributed by atoms with Crippen molar-refractivity contribution in [1.82, 2.24) is 19.9 Å². The fourth-order valence-corrected chi connectivity index (χ4v) is 4.05. The molecule has 4 heterocycles. The average Bonchev–Trinajstić information content (AvgIpc) is 3.20. The van der Waals surface area contributed by atoms with Gasteiger partial charge < -0.3 is 9.88 Å². The van der Waals surface area contributed by atoms with Gasteiger partial charge in [-0.05, 0) is 31.9 Å². The first-order valence-electron chi connectivity index (χ1n) is 7.84. The molecule has 6 heteroatoms. The van der Waals surface area contributed by atoms with Gasteiger partial charge in [-0.2, -0.15) is 0 Å². The maximum absolute atomic E-state index is 12.7. The van der Waals surface area contributed by atoms with Crippen LogP contribution in [0.3, 0.4) is 0 Å². The summed E-state index contributed by atoms with van der Waals surface area (Å²) in [7, 11) is 0. The number of hydrogen-bond donors (Lipinski definition) is 1. The summed E-state index contributed by atoms with van der Waals surface area (Å²) < 4.78 is 0. The Morgan fingerprint density at radius 1 is 1.48 bits per heavy atom. The van der Waals surface area contributed by atoms with Crippen LogP contribution in [0.2, 0.25) is 0 Å². The van der Waals surface area contributed by atoms with Gasteiger partial charge in [-0.25, -0.2) is 4.98 Å². The average molecular weight is 326 g/mol. The van der Waals surface area contributed by atoms with Gasteiger partial charge in [0, 0.05) is 48.0 Å². The van der Waals surface area contributed by atoms with E-state index in [0.717, 1.165) is 47.4 Å². The number of pyridine rings is 1. The fourth-order valence-electron chi connectivity index (χ4n) is 3.28. The second-order valence-electron chi connectivity index (χ2n) is 6.04. The van der Waals surface area contributed by atoms with Crippen LogP contribution in [-0.4, -0.2) is 38.8 Å². The molecule has 0 spiro atoms. The number of H-pyrrole nitrogens is 1. The van der Waals surface area contributed by atoms with E-state index in [2.05, 4.69) is 21.0 Å². The van der Waals surface area contributed by atoms with Crippen molar-refractivity contribution in [1.29, 1.82) is 0 Å². The summed E-state index contributed by atoms with van der Waals surface area (Å²) in [5.41, 5.74) is 4.89. The molecule has 4 rings (SSSR count). The predicted octanol–water partition coefficient (Wildman–Crippen LogP) is 3.35. The Bertz CT molecular complexity index is 820. The smallest absolute Gasteiger partial charge is 0.265 e. The Balaban J connectivity index is 1.57. The number of likely N-dealkylation sites (tertiary alicyclic amines) is 1. The molecular weight excluding hydrogens is 308 g/mol. The first kappa shape index (κ1) is 14.4. The van der Waals surface area contributed by atoms with Crippen LogP contribution < -0.4 is 0 Å². The number of carbonyl (C=O) groups is 1. The zero-order valence-electron chi connectivity index (χ0n) is 13.0. The molecule has 0 saturated carbocycles. The van der Waals surface area contributed by atoms with Crippen molar-refractivity contribution in [2.75, 3.05) is 13.1 Å². The highest BCUT2D eigenvalue weighted by molar-refractivity contribution is 7.11. The van der Waals surface area contributed by atoms with Crippen LogP contribution in [0.4, 0.5) is 0 Å². The minimum absolute atomic E-state index is 0.118. The van der Waals surface area contributed by atoms with Crippen molar-refractivity contribution in [3.05, 3.63) is 46.3 Å². The largest absolute Gasteiger partial charge is 0.358 e. The zero-order valence-corrected chi connectivity index (χ0v) is 13.8. The molecular formula is C17H18N4OS. The topological polar surface area (TPSA) is 61.9 Å². The van der Waals surface area contributed by atoms with Crippen molar-refractivity contribution in [3.8, 4) is 0 Å². The quantitative estimate of drug-likeness (QED) is 0.785. The Hall–Kier alpha value is -2.21. The van der Waals surface area contributed by atoms with Gasteiger partial charge in [0.2, 0.25) is 0 Å². The fraction of sp³-hybridized carbons (Fsp3) is 0.353. The number of aryl methyl sites for hydroxylation is 1. The first-order chi connectivity index (χ1) is 11.2. The summed E-state index contributed by atoms with van der Waals surface area (Å²) in [6.45, 7) is 3.49. The van der Waals surface area contributed by atoms with Crippen molar-refractivity contribution in [3.63, 3.8) is 0 Å². The molecule has 5 nitrogen and oxygen atoms in total. The van der Waals surface area contributed by atoms with Crippen molar-refractivity contribution in [2.45, 2.75) is 25.7 Å². The van der Waals surface area contributed by atoms with Crippen molar-refractivity contribution >= 4 is 28.1 Å². The van der Waals surface area contributed by atoms with Gasteiger partial charge in [-0.15, -0.1) is 11.3 Å². The van der Waals surface area contributed by atoms with Gasteiger partial charge in [0.1, 0.15) is 4.88 Å². The number of nitrogens with one attached hydrogen (secondary N) is 1. The second-order valence-corrected chi connectivity index (χ2v) is 6.90. The molecule has 1 atom stereocenters. The molecule has 1 amide bonds. The summed E-state index contributed by atoms with van der Waals surface area (Å²) in [5, 5.41) is 1.13. The number of nitrogens with zero attached hydrogens (tertiary/aromatic N) is 3. The molecule has 1 fully saturated rings. The van der Waals surface area contributed by atoms with Gasteiger partial charge in [-0.3, -0.25) is 9.78 Å². The first-order valence-corrected chi connectivity index (χ1v) is 8.72. The van der Waals surface area contributed by atoms with Crippen molar-refractivity contribution < 1.29 is 4.79 Å². The van der Waals surface area contributed by atoms with Crippen LogP contribution in [0.15, 0.2) is 30.0 Å². The predicted molar refractivity (Wildman–Crippen MR) is 90.8 cm³/mol. The number of amides is 1. The van der Waals surface area contributed by atoms with E-state index in [1.807, 2.05) is 24.1 Å². The molecule has 0 bridgehead atoms. The third kappa shape index (κ3) is 2.63. The SMILES string of the molecule is Cc1ncsc1C(=O)N1CCCC(c2cc3cnccc3[nH]2)C1. The van der Waals surface area contributed by atoms with Crippen LogP contribution in [0.1, 0.15) is 39.8 Å². The van der Waals surface area contributed by atoms with Gasteiger partial charge in [0.05, 0.1) is 11.2 Å². The van der Waals surface area contributed by atoms with E-state index in [-0.39, 0.29) is 5.91 Å². The lowest BCUT2D eigenvalue weighted by atomic mass is 9.94. The Kier molecular flexibility index (Phi) is 3.61. The molecule has 3 aromatic rings. The highest BCUT2D eigenvalue weighted by Gasteiger charge is 2.28. The number of carbonyl (C=O) groups excluding carboxylic acids is 1. The molecule has 118 valence electrons. The Morgan fingerprint density at radius 2 is 2.39 bits per heavy atom. The maximum Gasteiger partial charge on any atom is 0.265 e. The molecule has 1 aliphatic heterocycles. The van der Waals surface area contributed by atoms with Crippen LogP contribution in [0.25, 0.3) is 10.9 Å². The normalized spacial score (nSPS) is 18.5. The number of piperidine rings is 1. The zero-order chi connectivity index (χ0) is 15.8. The third-order valence-electron chi connectivity index (χ3n) is 4.53. The number of fused-ring (bicyclic) bond motifs is 1. The molecule has 1 aliphatic rings. The monoisotopic (exact) mass is 326 g/mol. The summed E-state index contributed by atoms with van der Waals surface area (Å²) in [6.07, 6.45) is 5.81. The number of hydrogen-bond acceptors (Lipinski definition) is 4. The van der Waals surface area contributed by atoms with E-state index >= 15 is 0 Å². The number of aromatic amines is 1. The minimum Gasteiger partial charge on any atom is -0.358 e. The van der Waals surface area contributed by atoms with E-state index in [4.69, 9.17) is 0 Å². The van der Waals surface area contributed by atoms with E-state index in [1.165, 1.54) is 17.0 Å². The lowest BCUT2D eigenvalue weighted by Crippen LogP contribution is -2.39. The summed E-state index contributed by atoms with van der Waals surface area (Å²) >= 11 is 1.43. The highest BCUT2D eigenvalue weighted by atomic mass is 32.1. The van der Waals surface area contributed by atoms with Crippen molar-refractivity contribution in [2.24, 2.45) is 0 Å². The summed E-state index contributed by atoms with van der Waals surface area (Å²) in [6, 6.07) is 4.16. The highest BCUT2D eigenvalue weighted by Crippen LogP contribution is 2.30. The second kappa shape index (κ2) is 5.77. The number of thiazole rings is 1. The Morgan fingerprint density at radius 3 is 3.17 bits per heavy atom. The standard InChI is InChI=1S/C17H18N4OS/c1-11-16(23-10-19-11)17(22)21-6-2-3-12(9-21)15-7-13-8-18-5-4-14(13)20-15/h4-5,7-8,10,12,20H,2-3,6,9H2,1H3. The van der Waals surface area contributed by atoms with Gasteiger partial charge >= 0.3 is 0 Å². The van der Waals surface area contributed by atoms with E-state index in [0.29, 0.717) is 5.92 Å². The van der Waals surface area contributed by atoms with Crippen LogP contribution in [0.5, 0.6) is 0 Å². The summed E-state index contributed by atoms with van der Waals surface area (Å²) in [4.78, 5) is 27.3. The lowest BCUT2D eigenvalue weighted by molar-refractivity contribution is 0.0710. The molecule has 1 unspecified atom stereocenters. The minimum atomic E-state index is 0.118. The third-order valence-corrected chi connectivity index (χ3v) is 5.45. The maximum atomic E-state index is 12.7. The molecule has 0 radical (unpaired) electrons. The van der Waals surface area contributed by atoms with E-state index in [9.17, 15) is 4.79 Å². The van der Waals surface area contributed by atoms with Crippen LogP contribution >= 0.6 is 11.3 Å². The molecule has 1 saturated heterocycles. The van der Waals surface area contributed by atoms with Crippen LogP contribution in [-0.2, 0) is 0 Å². The van der Waals surface area contributed by atoms with Gasteiger partial charge in [-0.1, -0.05) is 0 Å². The molecule has 0 aliphatic carbocycles. The van der Waals surface area contributed by atoms with Gasteiger partial charge in [0.15, 0.2) is 0 Å². The summed E-state index contributed by atoms with van der Waals surface area (Å²) in [5.74, 6) is 0.473. The van der Waals surface area contributed by atoms with E-state index < -0.39 is 0 Å². The molecule has 23 heavy (non-hydrogen) atoms. The molecule has 0 aromatic carbocycles.